The molecule has 0 aromatic carbocycles. The molecule has 0 saturated carbocycles. The van der Waals surface area contributed by atoms with Crippen molar-refractivity contribution in [3.05, 3.63) is 0 Å². The summed E-state index contributed by atoms with van der Waals surface area (Å²) in [4.78, 5) is 4.36. The summed E-state index contributed by atoms with van der Waals surface area (Å²) in [6.45, 7) is 7.75. The van der Waals surface area contributed by atoms with E-state index in [1.165, 1.54) is 6.42 Å². The van der Waals surface area contributed by atoms with E-state index in [4.69, 9.17) is 0 Å². The van der Waals surface area contributed by atoms with Gasteiger partial charge in [0.15, 0.2) is 0 Å². The second-order valence-electron chi connectivity index (χ2n) is 3.45. The average Bonchev–Trinajstić information content (AvgIpc) is 2.07. The molecule has 2 nitrogen and oxygen atoms in total. The molecule has 0 fully saturated rings. The summed E-state index contributed by atoms with van der Waals surface area (Å²) >= 11 is 0. The van der Waals surface area contributed by atoms with Crippen LogP contribution in [0.4, 0.5) is 0 Å². The zero-order valence-electron chi connectivity index (χ0n) is 7.51. The van der Waals surface area contributed by atoms with Crippen LogP contribution in [0.5, 0.6) is 0 Å². The average molecular weight is 154 g/mol. The Hall–Kier alpha value is -0.370. The molecule has 0 aliphatic carbocycles. The van der Waals surface area contributed by atoms with Gasteiger partial charge in [-0.15, -0.1) is 0 Å². The molecule has 1 aliphatic heterocycles. The number of hydrogen-bond donors (Lipinski definition) is 1. The predicted octanol–water partition coefficient (Wildman–Crippen LogP) is 1.32. The standard InChI is InChI=1S/C9H18N2/c1-8-6-10-4-3-5-11-7-9(8)2/h6,8-9,11H,3-5,7H2,1-2H3. The van der Waals surface area contributed by atoms with E-state index in [9.17, 15) is 0 Å². The molecule has 64 valence electrons. The van der Waals surface area contributed by atoms with Gasteiger partial charge in [0.05, 0.1) is 0 Å². The number of aliphatic imine (C=N–C) groups is 1. The van der Waals surface area contributed by atoms with Crippen molar-refractivity contribution in [2.45, 2.75) is 20.3 Å². The van der Waals surface area contributed by atoms with E-state index in [1.54, 1.807) is 0 Å². The van der Waals surface area contributed by atoms with Crippen LogP contribution in [-0.2, 0) is 0 Å². The van der Waals surface area contributed by atoms with E-state index in [0.29, 0.717) is 5.92 Å². The van der Waals surface area contributed by atoms with Crippen LogP contribution in [0.1, 0.15) is 20.3 Å². The van der Waals surface area contributed by atoms with Crippen molar-refractivity contribution in [2.75, 3.05) is 19.6 Å². The monoisotopic (exact) mass is 154 g/mol. The Balaban J connectivity index is 2.42. The molecule has 0 amide bonds. The zero-order chi connectivity index (χ0) is 8.10. The summed E-state index contributed by atoms with van der Waals surface area (Å²) in [5.41, 5.74) is 0. The molecule has 1 rings (SSSR count). The van der Waals surface area contributed by atoms with Crippen molar-refractivity contribution < 1.29 is 0 Å². The normalized spacial score (nSPS) is 34.0. The molecular weight excluding hydrogens is 136 g/mol. The maximum atomic E-state index is 4.36. The molecule has 1 heterocycles. The van der Waals surface area contributed by atoms with Crippen LogP contribution in [0.25, 0.3) is 0 Å². The first kappa shape index (κ1) is 8.72. The van der Waals surface area contributed by atoms with Crippen molar-refractivity contribution in [3.63, 3.8) is 0 Å². The number of hydrogen-bond acceptors (Lipinski definition) is 2. The Labute approximate surface area is 69.1 Å². The van der Waals surface area contributed by atoms with Gasteiger partial charge >= 0.3 is 0 Å². The molecule has 11 heavy (non-hydrogen) atoms. The molecule has 0 saturated heterocycles. The fourth-order valence-electron chi connectivity index (χ4n) is 1.20. The van der Waals surface area contributed by atoms with Gasteiger partial charge in [-0.3, -0.25) is 4.99 Å². The minimum atomic E-state index is 0.626. The molecule has 0 spiro atoms. The quantitative estimate of drug-likeness (QED) is 0.559. The summed E-state index contributed by atoms with van der Waals surface area (Å²) in [6.07, 6.45) is 3.29. The second-order valence-corrected chi connectivity index (χ2v) is 3.45. The Bertz CT molecular complexity index is 132. The summed E-state index contributed by atoms with van der Waals surface area (Å²) in [7, 11) is 0. The summed E-state index contributed by atoms with van der Waals surface area (Å²) in [5, 5.41) is 3.43. The van der Waals surface area contributed by atoms with Crippen molar-refractivity contribution in [2.24, 2.45) is 16.8 Å². The third-order valence-electron chi connectivity index (χ3n) is 2.35. The summed E-state index contributed by atoms with van der Waals surface area (Å²) in [6, 6.07) is 0. The van der Waals surface area contributed by atoms with Gasteiger partial charge in [-0.05, 0) is 31.3 Å². The van der Waals surface area contributed by atoms with E-state index in [1.807, 2.05) is 0 Å². The molecule has 1 aliphatic rings. The highest BCUT2D eigenvalue weighted by molar-refractivity contribution is 5.60. The van der Waals surface area contributed by atoms with Gasteiger partial charge in [0, 0.05) is 12.8 Å². The maximum Gasteiger partial charge on any atom is 0.0397 e. The maximum absolute atomic E-state index is 4.36. The first-order valence-electron chi connectivity index (χ1n) is 4.51. The first-order valence-corrected chi connectivity index (χ1v) is 4.51. The molecule has 2 heteroatoms. The number of nitrogens with zero attached hydrogens (tertiary/aromatic N) is 1. The van der Waals surface area contributed by atoms with Gasteiger partial charge in [0.2, 0.25) is 0 Å². The Morgan fingerprint density at radius 3 is 3.09 bits per heavy atom. The molecule has 2 atom stereocenters. The molecule has 0 aromatic heterocycles. The van der Waals surface area contributed by atoms with E-state index < -0.39 is 0 Å². The molecule has 0 aromatic rings. The van der Waals surface area contributed by atoms with Gasteiger partial charge < -0.3 is 5.32 Å². The lowest BCUT2D eigenvalue weighted by Gasteiger charge is -2.14. The highest BCUT2D eigenvalue weighted by atomic mass is 14.9. The first-order chi connectivity index (χ1) is 5.30. The van der Waals surface area contributed by atoms with Crippen molar-refractivity contribution in [1.82, 2.24) is 5.32 Å². The van der Waals surface area contributed by atoms with Crippen LogP contribution in [-0.4, -0.2) is 25.8 Å². The lowest BCUT2D eigenvalue weighted by Crippen LogP contribution is -2.25. The molecular formula is C9H18N2. The van der Waals surface area contributed by atoms with E-state index in [-0.39, 0.29) is 0 Å². The Morgan fingerprint density at radius 2 is 2.27 bits per heavy atom. The van der Waals surface area contributed by atoms with Crippen LogP contribution >= 0.6 is 0 Å². The van der Waals surface area contributed by atoms with Crippen LogP contribution in [0, 0.1) is 11.8 Å². The van der Waals surface area contributed by atoms with Gasteiger partial charge in [-0.1, -0.05) is 13.8 Å². The zero-order valence-corrected chi connectivity index (χ0v) is 7.51. The topological polar surface area (TPSA) is 24.4 Å². The van der Waals surface area contributed by atoms with E-state index in [2.05, 4.69) is 30.4 Å². The second kappa shape index (κ2) is 4.50. The lowest BCUT2D eigenvalue weighted by molar-refractivity contribution is 0.453. The van der Waals surface area contributed by atoms with Crippen LogP contribution < -0.4 is 5.32 Å². The smallest absolute Gasteiger partial charge is 0.0397 e. The van der Waals surface area contributed by atoms with Crippen LogP contribution in [0.2, 0.25) is 0 Å². The lowest BCUT2D eigenvalue weighted by atomic mass is 9.97. The van der Waals surface area contributed by atoms with Crippen molar-refractivity contribution >= 4 is 6.21 Å². The third kappa shape index (κ3) is 3.02. The van der Waals surface area contributed by atoms with Gasteiger partial charge in [-0.25, -0.2) is 0 Å². The molecule has 2 unspecified atom stereocenters. The number of rotatable bonds is 0. The SMILES string of the molecule is CC1C=NCCCNCC1C. The largest absolute Gasteiger partial charge is 0.316 e. The molecule has 0 radical (unpaired) electrons. The fraction of sp³-hybridized carbons (Fsp3) is 0.889. The summed E-state index contributed by atoms with van der Waals surface area (Å²) < 4.78 is 0. The third-order valence-corrected chi connectivity index (χ3v) is 2.35. The van der Waals surface area contributed by atoms with Gasteiger partial charge in [0.25, 0.3) is 0 Å². The summed E-state index contributed by atoms with van der Waals surface area (Å²) in [5.74, 6) is 1.34. The van der Waals surface area contributed by atoms with E-state index in [0.717, 1.165) is 25.6 Å². The van der Waals surface area contributed by atoms with Crippen molar-refractivity contribution in [1.29, 1.82) is 0 Å². The van der Waals surface area contributed by atoms with Crippen LogP contribution in [0.3, 0.4) is 0 Å². The number of nitrogens with one attached hydrogen (secondary N) is 1. The highest BCUT2D eigenvalue weighted by Gasteiger charge is 2.09. The predicted molar refractivity (Wildman–Crippen MR) is 49.2 cm³/mol. The van der Waals surface area contributed by atoms with E-state index >= 15 is 0 Å². The van der Waals surface area contributed by atoms with Crippen LogP contribution in [0.15, 0.2) is 4.99 Å². The van der Waals surface area contributed by atoms with Gasteiger partial charge in [0.1, 0.15) is 0 Å². The van der Waals surface area contributed by atoms with Crippen molar-refractivity contribution in [3.8, 4) is 0 Å². The molecule has 1 N–H and O–H groups in total. The minimum Gasteiger partial charge on any atom is -0.316 e. The molecule has 0 bridgehead atoms. The minimum absolute atomic E-state index is 0.626. The fourth-order valence-corrected chi connectivity index (χ4v) is 1.20. The highest BCUT2D eigenvalue weighted by Crippen LogP contribution is 2.07. The Kier molecular flexibility index (Phi) is 3.57. The Morgan fingerprint density at radius 1 is 1.45 bits per heavy atom. The van der Waals surface area contributed by atoms with Gasteiger partial charge in [-0.2, -0.15) is 0 Å².